The summed E-state index contributed by atoms with van der Waals surface area (Å²) < 4.78 is 0. The van der Waals surface area contributed by atoms with Crippen LogP contribution < -0.4 is 10.8 Å². The summed E-state index contributed by atoms with van der Waals surface area (Å²) >= 11 is 0. The Morgan fingerprint density at radius 1 is 0.947 bits per heavy atom. The third kappa shape index (κ3) is 2.99. The van der Waals surface area contributed by atoms with Gasteiger partial charge in [0.2, 0.25) is 0 Å². The predicted octanol–water partition coefficient (Wildman–Crippen LogP) is -0.469. The van der Waals surface area contributed by atoms with Crippen LogP contribution >= 0.6 is 0 Å². The van der Waals surface area contributed by atoms with Crippen molar-refractivity contribution in [3.63, 3.8) is 0 Å². The molecule has 0 aliphatic heterocycles. The Labute approximate surface area is 112 Å². The van der Waals surface area contributed by atoms with Gasteiger partial charge in [0.05, 0.1) is 13.0 Å². The highest BCUT2D eigenvalue weighted by Crippen LogP contribution is 2.28. The number of carbonyl (C=O) groups is 1. The maximum atomic E-state index is 11.3. The number of hydrogen-bond acceptors (Lipinski definition) is 3. The number of carboxylic acids is 1. The van der Waals surface area contributed by atoms with E-state index in [-0.39, 0.29) is 11.1 Å². The van der Waals surface area contributed by atoms with E-state index in [4.69, 9.17) is 0 Å². The van der Waals surface area contributed by atoms with Crippen molar-refractivity contribution in [2.75, 3.05) is 7.05 Å². The predicted molar refractivity (Wildman–Crippen MR) is 69.7 cm³/mol. The molecular formula is C15H17NO3. The summed E-state index contributed by atoms with van der Waals surface area (Å²) in [6.07, 6.45) is 0. The summed E-state index contributed by atoms with van der Waals surface area (Å²) in [4.78, 5) is 11.3. The van der Waals surface area contributed by atoms with E-state index >= 15 is 0 Å². The zero-order chi connectivity index (χ0) is 14.3. The topological polar surface area (TPSA) is 88.0 Å². The normalized spacial score (nSPS) is 10.3. The van der Waals surface area contributed by atoms with Crippen molar-refractivity contribution in [3.8, 4) is 0 Å². The lowest BCUT2D eigenvalue weighted by Gasteiger charge is -2.30. The molecule has 2 aromatic carbocycles. The van der Waals surface area contributed by atoms with Gasteiger partial charge in [0.1, 0.15) is 0 Å². The molecule has 0 bridgehead atoms. The zero-order valence-electron chi connectivity index (χ0n) is 10.7. The van der Waals surface area contributed by atoms with E-state index in [9.17, 15) is 15.0 Å². The molecule has 0 fully saturated rings. The molecule has 0 aromatic heterocycles. The maximum Gasteiger partial charge on any atom is 0.154 e. The summed E-state index contributed by atoms with van der Waals surface area (Å²) in [5, 5.41) is 21.6. The first-order chi connectivity index (χ1) is 9.15. The molecule has 0 amide bonds. The monoisotopic (exact) mass is 259 g/mol. The molecule has 0 unspecified atom stereocenters. The van der Waals surface area contributed by atoms with E-state index < -0.39 is 11.6 Å². The van der Waals surface area contributed by atoms with Crippen molar-refractivity contribution in [1.82, 2.24) is 0 Å². The Balaban J connectivity index is 0.000000861. The van der Waals surface area contributed by atoms with Gasteiger partial charge in [-0.25, -0.2) is 0 Å². The molecule has 2 aromatic rings. The molecule has 19 heavy (non-hydrogen) atoms. The van der Waals surface area contributed by atoms with Gasteiger partial charge in [0, 0.05) is 0 Å². The van der Waals surface area contributed by atoms with E-state index in [2.05, 4.69) is 5.73 Å². The van der Waals surface area contributed by atoms with Crippen LogP contribution in [0.15, 0.2) is 60.7 Å². The molecule has 4 heteroatoms. The molecule has 0 aliphatic carbocycles. The SMILES string of the molecule is C[NH3+].O=C([O-])C(O)(c1ccccc1)c1ccccc1. The van der Waals surface area contributed by atoms with Gasteiger partial charge in [-0.1, -0.05) is 60.7 Å². The second-order valence-corrected chi connectivity index (χ2v) is 3.73. The number of carbonyl (C=O) groups excluding carboxylic acids is 1. The molecule has 4 N–H and O–H groups in total. The van der Waals surface area contributed by atoms with Crippen LogP contribution in [0.1, 0.15) is 11.1 Å². The van der Waals surface area contributed by atoms with Gasteiger partial charge in [-0.15, -0.1) is 0 Å². The van der Waals surface area contributed by atoms with Crippen molar-refractivity contribution >= 4 is 5.97 Å². The minimum atomic E-state index is -2.11. The first-order valence-electron chi connectivity index (χ1n) is 5.91. The number of carboxylic acid groups (broad SMARTS) is 1. The molecule has 0 atom stereocenters. The molecule has 0 heterocycles. The summed E-state index contributed by atoms with van der Waals surface area (Å²) in [6, 6.07) is 16.4. The number of benzene rings is 2. The smallest absolute Gasteiger partial charge is 0.154 e. The fourth-order valence-corrected chi connectivity index (χ4v) is 1.76. The van der Waals surface area contributed by atoms with Crippen LogP contribution in [0, 0.1) is 0 Å². The van der Waals surface area contributed by atoms with Gasteiger partial charge >= 0.3 is 0 Å². The van der Waals surface area contributed by atoms with Gasteiger partial charge in [0.25, 0.3) is 0 Å². The van der Waals surface area contributed by atoms with Gasteiger partial charge in [-0.05, 0) is 11.1 Å². The van der Waals surface area contributed by atoms with Crippen molar-refractivity contribution in [2.24, 2.45) is 0 Å². The van der Waals surface area contributed by atoms with Crippen LogP contribution in [0.3, 0.4) is 0 Å². The average Bonchev–Trinajstić information content (AvgIpc) is 2.50. The highest BCUT2D eigenvalue weighted by molar-refractivity contribution is 5.81. The number of aliphatic carboxylic acids is 1. The molecule has 100 valence electrons. The first-order valence-corrected chi connectivity index (χ1v) is 5.91. The van der Waals surface area contributed by atoms with Gasteiger partial charge in [-0.3, -0.25) is 0 Å². The molecule has 0 spiro atoms. The van der Waals surface area contributed by atoms with E-state index in [1.807, 2.05) is 0 Å². The fraction of sp³-hybridized carbons (Fsp3) is 0.133. The maximum absolute atomic E-state index is 11.3. The van der Waals surface area contributed by atoms with E-state index in [0.717, 1.165) is 0 Å². The lowest BCUT2D eigenvalue weighted by molar-refractivity contribution is -0.325. The zero-order valence-corrected chi connectivity index (χ0v) is 10.7. The van der Waals surface area contributed by atoms with Crippen LogP contribution in [-0.2, 0) is 10.4 Å². The van der Waals surface area contributed by atoms with Crippen LogP contribution in [0.2, 0.25) is 0 Å². The summed E-state index contributed by atoms with van der Waals surface area (Å²) in [6.45, 7) is 0. The molecule has 0 radical (unpaired) electrons. The standard InChI is InChI=1S/C14H12O3.CH5N/c15-13(16)14(17,11-7-3-1-4-8-11)12-9-5-2-6-10-12;1-2/h1-10,17H,(H,15,16);2H2,1H3. The largest absolute Gasteiger partial charge is 0.546 e. The summed E-state index contributed by atoms with van der Waals surface area (Å²) in [7, 11) is 1.75. The van der Waals surface area contributed by atoms with Crippen molar-refractivity contribution in [1.29, 1.82) is 0 Å². The third-order valence-electron chi connectivity index (χ3n) is 2.68. The quantitative estimate of drug-likeness (QED) is 0.781. The third-order valence-corrected chi connectivity index (χ3v) is 2.68. The summed E-state index contributed by atoms with van der Waals surface area (Å²) in [5.74, 6) is -1.53. The van der Waals surface area contributed by atoms with Gasteiger partial charge in [0.15, 0.2) is 5.60 Å². The second-order valence-electron chi connectivity index (χ2n) is 3.73. The Morgan fingerprint density at radius 2 is 1.26 bits per heavy atom. The lowest BCUT2D eigenvalue weighted by Crippen LogP contribution is -2.46. The van der Waals surface area contributed by atoms with Crippen molar-refractivity contribution in [2.45, 2.75) is 5.60 Å². The average molecular weight is 259 g/mol. The minimum absolute atomic E-state index is 0.284. The van der Waals surface area contributed by atoms with Crippen LogP contribution in [0.4, 0.5) is 0 Å². The van der Waals surface area contributed by atoms with E-state index in [1.165, 1.54) is 0 Å². The van der Waals surface area contributed by atoms with E-state index in [0.29, 0.717) is 0 Å². The minimum Gasteiger partial charge on any atom is -0.546 e. The molecule has 4 nitrogen and oxygen atoms in total. The van der Waals surface area contributed by atoms with Crippen LogP contribution in [0.5, 0.6) is 0 Å². The number of aliphatic hydroxyl groups is 1. The molecule has 2 rings (SSSR count). The Kier molecular flexibility index (Phi) is 5.23. The van der Waals surface area contributed by atoms with Crippen molar-refractivity contribution in [3.05, 3.63) is 71.8 Å². The molecule has 0 saturated carbocycles. The van der Waals surface area contributed by atoms with Gasteiger partial charge in [-0.2, -0.15) is 0 Å². The Hall–Kier alpha value is -2.17. The highest BCUT2D eigenvalue weighted by Gasteiger charge is 2.32. The summed E-state index contributed by atoms with van der Waals surface area (Å²) in [5.41, 5.74) is 1.71. The number of quaternary nitrogens is 1. The Bertz CT molecular complexity index is 472. The van der Waals surface area contributed by atoms with E-state index in [1.54, 1.807) is 67.7 Å². The van der Waals surface area contributed by atoms with Crippen LogP contribution in [-0.4, -0.2) is 18.1 Å². The first kappa shape index (κ1) is 14.9. The molecule has 0 aliphatic rings. The lowest BCUT2D eigenvalue weighted by atomic mass is 9.86. The van der Waals surface area contributed by atoms with Crippen molar-refractivity contribution < 1.29 is 20.7 Å². The van der Waals surface area contributed by atoms with Gasteiger partial charge < -0.3 is 20.7 Å². The Morgan fingerprint density at radius 3 is 1.53 bits per heavy atom. The number of hydrogen-bond donors (Lipinski definition) is 2. The van der Waals surface area contributed by atoms with Crippen LogP contribution in [0.25, 0.3) is 0 Å². The molecule has 0 saturated heterocycles. The molecular weight excluding hydrogens is 242 g/mol. The fourth-order valence-electron chi connectivity index (χ4n) is 1.76. The number of rotatable bonds is 3. The highest BCUT2D eigenvalue weighted by atomic mass is 16.4. The second kappa shape index (κ2) is 6.68.